The van der Waals surface area contributed by atoms with Crippen molar-refractivity contribution < 1.29 is 4.79 Å². The third kappa shape index (κ3) is 2.74. The molecule has 1 amide bonds. The largest absolute Gasteiger partial charge is 0.382 e. The smallest absolute Gasteiger partial charge is 0.276 e. The number of likely N-dealkylation sites (N-methyl/N-ethyl adjacent to an activating group) is 1. The van der Waals surface area contributed by atoms with Crippen LogP contribution in [0.4, 0.5) is 17.3 Å². The van der Waals surface area contributed by atoms with Crippen LogP contribution in [0, 0.1) is 6.92 Å². The zero-order valence-corrected chi connectivity index (χ0v) is 15.8. The molecule has 0 unspecified atom stereocenters. The third-order valence-corrected chi connectivity index (χ3v) is 5.48. The number of pyridine rings is 1. The maximum Gasteiger partial charge on any atom is 0.276 e. The summed E-state index contributed by atoms with van der Waals surface area (Å²) >= 11 is 6.14. The molecule has 1 spiro atoms. The van der Waals surface area contributed by atoms with Crippen LogP contribution in [-0.4, -0.2) is 45.5 Å². The Kier molecular flexibility index (Phi) is 4.08. The molecule has 142 valence electrons. The highest BCUT2D eigenvalue weighted by Crippen LogP contribution is 2.33. The minimum atomic E-state index is -0.743. The van der Waals surface area contributed by atoms with Gasteiger partial charge in [-0.05, 0) is 45.0 Å². The van der Waals surface area contributed by atoms with E-state index >= 15 is 0 Å². The molecule has 10 heteroatoms. The monoisotopic (exact) mass is 389 g/mol. The number of aryl methyl sites for hydroxylation is 1. The van der Waals surface area contributed by atoms with Gasteiger partial charge in [-0.2, -0.15) is 0 Å². The van der Waals surface area contributed by atoms with Gasteiger partial charge in [0, 0.05) is 6.54 Å². The molecule has 1 fully saturated rings. The Bertz CT molecular complexity index is 1010. The first-order valence-corrected chi connectivity index (χ1v) is 9.01. The molecular weight excluding hydrogens is 370 g/mol. The zero-order chi connectivity index (χ0) is 19.3. The molecule has 27 heavy (non-hydrogen) atoms. The van der Waals surface area contributed by atoms with E-state index in [0.29, 0.717) is 24.2 Å². The summed E-state index contributed by atoms with van der Waals surface area (Å²) in [5.74, 6) is 0.137. The first kappa shape index (κ1) is 17.7. The summed E-state index contributed by atoms with van der Waals surface area (Å²) < 4.78 is 1.58. The second-order valence-electron chi connectivity index (χ2n) is 7.10. The van der Waals surface area contributed by atoms with Crippen LogP contribution in [0.5, 0.6) is 0 Å². The highest BCUT2D eigenvalue weighted by molar-refractivity contribution is 6.35. The molecule has 2 aromatic heterocycles. The number of hydrogen-bond acceptors (Lipinski definition) is 7. The van der Waals surface area contributed by atoms with Crippen molar-refractivity contribution in [3.8, 4) is 0 Å². The Morgan fingerprint density at radius 1 is 1.37 bits per heavy atom. The predicted molar refractivity (Wildman–Crippen MR) is 102 cm³/mol. The number of carbonyl (C=O) groups excluding carboxylic acids is 1. The second kappa shape index (κ2) is 6.21. The van der Waals surface area contributed by atoms with Crippen molar-refractivity contribution >= 4 is 34.8 Å². The third-order valence-electron chi connectivity index (χ3n) is 5.11. The first-order chi connectivity index (χ1) is 12.8. The van der Waals surface area contributed by atoms with Gasteiger partial charge >= 0.3 is 0 Å². The maximum absolute atomic E-state index is 13.3. The van der Waals surface area contributed by atoms with E-state index in [0.717, 1.165) is 13.0 Å². The number of amides is 1. The van der Waals surface area contributed by atoms with Gasteiger partial charge < -0.3 is 21.3 Å². The molecular formula is C17H20ClN7O2. The molecule has 2 aromatic rings. The Hall–Kier alpha value is -2.65. The van der Waals surface area contributed by atoms with Crippen LogP contribution < -0.4 is 21.9 Å². The molecule has 0 saturated carbocycles. The number of likely N-dealkylation sites (tertiary alicyclic amines) is 1. The number of carbonyl (C=O) groups is 1. The van der Waals surface area contributed by atoms with E-state index in [1.54, 1.807) is 17.6 Å². The van der Waals surface area contributed by atoms with E-state index in [4.69, 9.17) is 17.3 Å². The number of nitrogens with two attached hydrogens (primary N) is 1. The molecule has 0 bridgehead atoms. The topological polar surface area (TPSA) is 118 Å². The van der Waals surface area contributed by atoms with E-state index < -0.39 is 5.66 Å². The Balaban J connectivity index is 1.86. The van der Waals surface area contributed by atoms with Crippen molar-refractivity contribution in [1.29, 1.82) is 0 Å². The van der Waals surface area contributed by atoms with E-state index in [1.165, 1.54) is 6.33 Å². The molecule has 0 aliphatic carbocycles. The number of rotatable bonds is 2. The summed E-state index contributed by atoms with van der Waals surface area (Å²) in [6.45, 7) is 3.29. The van der Waals surface area contributed by atoms with Crippen LogP contribution in [0.3, 0.4) is 0 Å². The summed E-state index contributed by atoms with van der Waals surface area (Å²) in [4.78, 5) is 35.9. The van der Waals surface area contributed by atoms with Crippen molar-refractivity contribution in [1.82, 2.24) is 24.8 Å². The van der Waals surface area contributed by atoms with Gasteiger partial charge in [-0.3, -0.25) is 14.2 Å². The molecule has 1 atom stereocenters. The maximum atomic E-state index is 13.3. The molecule has 9 nitrogen and oxygen atoms in total. The lowest BCUT2D eigenvalue weighted by Crippen LogP contribution is -2.57. The molecule has 0 radical (unpaired) electrons. The van der Waals surface area contributed by atoms with E-state index in [-0.39, 0.29) is 33.8 Å². The van der Waals surface area contributed by atoms with Gasteiger partial charge in [0.05, 0.1) is 0 Å². The summed E-state index contributed by atoms with van der Waals surface area (Å²) in [5.41, 5.74) is 6.03. The van der Waals surface area contributed by atoms with Crippen LogP contribution in [0.1, 0.15) is 28.9 Å². The fourth-order valence-corrected chi connectivity index (χ4v) is 4.12. The van der Waals surface area contributed by atoms with Crippen LogP contribution in [0.25, 0.3) is 0 Å². The van der Waals surface area contributed by atoms with Crippen LogP contribution in [0.2, 0.25) is 5.02 Å². The number of piperidine rings is 1. The van der Waals surface area contributed by atoms with Gasteiger partial charge in [-0.15, -0.1) is 0 Å². The molecule has 4 N–H and O–H groups in total. The zero-order valence-electron chi connectivity index (χ0n) is 15.0. The van der Waals surface area contributed by atoms with Gasteiger partial charge in [0.2, 0.25) is 0 Å². The van der Waals surface area contributed by atoms with E-state index in [2.05, 4.69) is 25.5 Å². The lowest BCUT2D eigenvalue weighted by molar-refractivity contribution is 0.0755. The molecule has 4 heterocycles. The van der Waals surface area contributed by atoms with Crippen LogP contribution in [-0.2, 0) is 5.66 Å². The summed E-state index contributed by atoms with van der Waals surface area (Å²) in [6, 6.07) is 1.63. The molecule has 2 aliphatic heterocycles. The number of nitrogen functional groups attached to an aromatic ring is 1. The normalized spacial score (nSPS) is 22.0. The minimum absolute atomic E-state index is 0.120. The van der Waals surface area contributed by atoms with Gasteiger partial charge in [-0.1, -0.05) is 11.6 Å². The summed E-state index contributed by atoms with van der Waals surface area (Å²) in [7, 11) is 1.98. The minimum Gasteiger partial charge on any atom is -0.382 e. The van der Waals surface area contributed by atoms with Gasteiger partial charge in [0.1, 0.15) is 34.2 Å². The van der Waals surface area contributed by atoms with Gasteiger partial charge in [0.25, 0.3) is 11.5 Å². The second-order valence-corrected chi connectivity index (χ2v) is 7.48. The highest BCUT2D eigenvalue weighted by atomic mass is 35.5. The van der Waals surface area contributed by atoms with Crippen LogP contribution >= 0.6 is 11.6 Å². The van der Waals surface area contributed by atoms with E-state index in [9.17, 15) is 9.59 Å². The average molecular weight is 390 g/mol. The van der Waals surface area contributed by atoms with Crippen molar-refractivity contribution in [2.75, 3.05) is 31.2 Å². The number of nitrogens with one attached hydrogen (secondary N) is 2. The Labute approximate surface area is 160 Å². The standard InChI is InChI=1S/C17H20ClN7O2/c1-9-6-10(22-14-11(18)13(19)20-8-21-14)16(27)25-12(9)15(26)23-17(25)4-3-5-24(2)7-17/h6,8H,3-5,7H2,1-2H3,(H,23,26)(H3,19,20,21,22)/t17-/m0/s1. The number of nitrogens with zero attached hydrogens (tertiary/aromatic N) is 4. The van der Waals surface area contributed by atoms with E-state index in [1.807, 2.05) is 7.05 Å². The van der Waals surface area contributed by atoms with Gasteiger partial charge in [0.15, 0.2) is 5.82 Å². The van der Waals surface area contributed by atoms with Crippen molar-refractivity contribution in [3.05, 3.63) is 39.0 Å². The summed E-state index contributed by atoms with van der Waals surface area (Å²) in [5, 5.41) is 6.13. The lowest BCUT2D eigenvalue weighted by Gasteiger charge is -2.39. The fraction of sp³-hybridized carbons (Fsp3) is 0.412. The number of halogens is 1. The Morgan fingerprint density at radius 3 is 2.89 bits per heavy atom. The number of anilines is 3. The van der Waals surface area contributed by atoms with Crippen LogP contribution in [0.15, 0.2) is 17.2 Å². The summed E-state index contributed by atoms with van der Waals surface area (Å²) in [6.07, 6.45) is 2.85. The highest BCUT2D eigenvalue weighted by Gasteiger charge is 2.46. The SMILES string of the molecule is Cc1cc(Nc2ncnc(N)c2Cl)c(=O)n2c1C(=O)N[C@@]21CCCN(C)C1. The number of aromatic nitrogens is 3. The van der Waals surface area contributed by atoms with Gasteiger partial charge in [-0.25, -0.2) is 9.97 Å². The molecule has 0 aromatic carbocycles. The molecule has 4 rings (SSSR count). The van der Waals surface area contributed by atoms with Crippen molar-refractivity contribution in [3.63, 3.8) is 0 Å². The van der Waals surface area contributed by atoms with Crippen molar-refractivity contribution in [2.24, 2.45) is 0 Å². The average Bonchev–Trinajstić information content (AvgIpc) is 2.88. The number of fused-ring (bicyclic) bond motifs is 2. The Morgan fingerprint density at radius 2 is 2.15 bits per heavy atom. The molecule has 2 aliphatic rings. The molecule has 1 saturated heterocycles. The first-order valence-electron chi connectivity index (χ1n) is 8.63. The number of hydrogen-bond donors (Lipinski definition) is 3. The predicted octanol–water partition coefficient (Wildman–Crippen LogP) is 1.05. The fourth-order valence-electron chi connectivity index (χ4n) is 3.98. The van der Waals surface area contributed by atoms with Crippen molar-refractivity contribution in [2.45, 2.75) is 25.4 Å². The quantitative estimate of drug-likeness (QED) is 0.702. The lowest BCUT2D eigenvalue weighted by atomic mass is 9.98.